The topological polar surface area (TPSA) is 46.2 Å². The number of rotatable bonds is 5. The predicted octanol–water partition coefficient (Wildman–Crippen LogP) is 3.28. The fourth-order valence-electron chi connectivity index (χ4n) is 1.75. The second-order valence-electron chi connectivity index (χ2n) is 4.61. The first-order chi connectivity index (χ1) is 10.2. The summed E-state index contributed by atoms with van der Waals surface area (Å²) in [6.45, 7) is 5.30. The first-order valence-electron chi connectivity index (χ1n) is 6.86. The van der Waals surface area contributed by atoms with Crippen LogP contribution in [0, 0.1) is 6.92 Å². The lowest BCUT2D eigenvalue weighted by atomic mass is 10.2. The Labute approximate surface area is 130 Å². The molecule has 110 valence electrons. The highest BCUT2D eigenvalue weighted by Crippen LogP contribution is 2.12. The summed E-state index contributed by atoms with van der Waals surface area (Å²) in [4.78, 5) is 4.25. The molecule has 0 spiro atoms. The van der Waals surface area contributed by atoms with Gasteiger partial charge in [-0.05, 0) is 55.4 Å². The van der Waals surface area contributed by atoms with Gasteiger partial charge in [-0.1, -0.05) is 18.2 Å². The molecule has 0 radical (unpaired) electrons. The van der Waals surface area contributed by atoms with Gasteiger partial charge in [0.05, 0.1) is 6.61 Å². The first-order valence-corrected chi connectivity index (χ1v) is 7.27. The van der Waals surface area contributed by atoms with Crippen molar-refractivity contribution in [2.24, 2.45) is 0 Å². The molecule has 1 aromatic carbocycles. The number of pyridine rings is 1. The quantitative estimate of drug-likeness (QED) is 0.830. The molecule has 0 aliphatic rings. The zero-order chi connectivity index (χ0) is 15.1. The minimum Gasteiger partial charge on any atom is -0.494 e. The van der Waals surface area contributed by atoms with Crippen LogP contribution in [0.5, 0.6) is 5.75 Å². The van der Waals surface area contributed by atoms with Gasteiger partial charge in [0, 0.05) is 12.7 Å². The Hall–Kier alpha value is -2.14. The number of hydrogen-bond donors (Lipinski definition) is 2. The number of benzene rings is 1. The number of hydrogen-bond acceptors (Lipinski definition) is 3. The molecule has 0 aliphatic heterocycles. The van der Waals surface area contributed by atoms with Crippen molar-refractivity contribution in [1.29, 1.82) is 0 Å². The normalized spacial score (nSPS) is 10.0. The van der Waals surface area contributed by atoms with Crippen LogP contribution in [0.25, 0.3) is 0 Å². The fraction of sp³-hybridized carbons (Fsp3) is 0.250. The van der Waals surface area contributed by atoms with E-state index in [4.69, 9.17) is 17.0 Å². The summed E-state index contributed by atoms with van der Waals surface area (Å²) in [6, 6.07) is 11.8. The standard InChI is InChI=1S/C16H19N3OS/c1-3-20-14-7-5-13(6-8-14)11-18-16(21)19-15-9-4-12(2)10-17-15/h4-10H,3,11H2,1-2H3,(H2,17,18,19,21). The van der Waals surface area contributed by atoms with Gasteiger partial charge in [-0.3, -0.25) is 0 Å². The zero-order valence-corrected chi connectivity index (χ0v) is 13.0. The number of thiocarbonyl (C=S) groups is 1. The lowest BCUT2D eigenvalue weighted by Gasteiger charge is -2.10. The third kappa shape index (κ3) is 5.04. The maximum atomic E-state index is 5.41. The zero-order valence-electron chi connectivity index (χ0n) is 12.2. The molecule has 4 nitrogen and oxygen atoms in total. The minimum atomic E-state index is 0.556. The number of nitrogens with one attached hydrogen (secondary N) is 2. The molecular weight excluding hydrogens is 282 g/mol. The smallest absolute Gasteiger partial charge is 0.172 e. The van der Waals surface area contributed by atoms with Crippen LogP contribution in [0.4, 0.5) is 5.82 Å². The molecule has 0 fully saturated rings. The van der Waals surface area contributed by atoms with Crippen LogP contribution in [-0.4, -0.2) is 16.7 Å². The molecule has 0 saturated heterocycles. The minimum absolute atomic E-state index is 0.556. The van der Waals surface area contributed by atoms with E-state index in [-0.39, 0.29) is 0 Å². The summed E-state index contributed by atoms with van der Waals surface area (Å²) >= 11 is 5.25. The van der Waals surface area contributed by atoms with Crippen LogP contribution in [0.3, 0.4) is 0 Å². The molecule has 2 N–H and O–H groups in total. The van der Waals surface area contributed by atoms with E-state index >= 15 is 0 Å². The van der Waals surface area contributed by atoms with Crippen LogP contribution in [0.15, 0.2) is 42.6 Å². The molecule has 0 aliphatic carbocycles. The Balaban J connectivity index is 1.81. The summed E-state index contributed by atoms with van der Waals surface area (Å²) in [5.74, 6) is 1.62. The van der Waals surface area contributed by atoms with E-state index in [0.29, 0.717) is 18.3 Å². The van der Waals surface area contributed by atoms with E-state index in [2.05, 4.69) is 15.6 Å². The van der Waals surface area contributed by atoms with Crippen molar-refractivity contribution in [3.05, 3.63) is 53.7 Å². The molecule has 21 heavy (non-hydrogen) atoms. The Bertz CT molecular complexity index is 581. The summed E-state index contributed by atoms with van der Waals surface area (Å²) < 4.78 is 5.41. The van der Waals surface area contributed by atoms with Crippen molar-refractivity contribution in [2.45, 2.75) is 20.4 Å². The number of aromatic nitrogens is 1. The van der Waals surface area contributed by atoms with Gasteiger partial charge in [-0.25, -0.2) is 4.98 Å². The van der Waals surface area contributed by atoms with Gasteiger partial charge in [0.15, 0.2) is 5.11 Å². The molecule has 5 heteroatoms. The number of ether oxygens (including phenoxy) is 1. The van der Waals surface area contributed by atoms with Crippen molar-refractivity contribution < 1.29 is 4.74 Å². The van der Waals surface area contributed by atoms with Crippen molar-refractivity contribution in [3.8, 4) is 5.75 Å². The maximum absolute atomic E-state index is 5.41. The van der Waals surface area contributed by atoms with Gasteiger partial charge in [0.25, 0.3) is 0 Å². The molecular formula is C16H19N3OS. The highest BCUT2D eigenvalue weighted by molar-refractivity contribution is 7.80. The third-order valence-corrected chi connectivity index (χ3v) is 3.09. The van der Waals surface area contributed by atoms with E-state index in [1.807, 2.05) is 50.2 Å². The first kappa shape index (κ1) is 15.3. The lowest BCUT2D eigenvalue weighted by Crippen LogP contribution is -2.28. The third-order valence-electron chi connectivity index (χ3n) is 2.84. The van der Waals surface area contributed by atoms with Gasteiger partial charge in [-0.15, -0.1) is 0 Å². The van der Waals surface area contributed by atoms with E-state index in [9.17, 15) is 0 Å². The second-order valence-corrected chi connectivity index (χ2v) is 5.01. The lowest BCUT2D eigenvalue weighted by molar-refractivity contribution is 0.340. The number of anilines is 1. The van der Waals surface area contributed by atoms with Crippen molar-refractivity contribution >= 4 is 23.1 Å². The van der Waals surface area contributed by atoms with E-state index in [1.54, 1.807) is 6.20 Å². The van der Waals surface area contributed by atoms with Gasteiger partial charge in [0.1, 0.15) is 11.6 Å². The highest BCUT2D eigenvalue weighted by atomic mass is 32.1. The predicted molar refractivity (Wildman–Crippen MR) is 89.6 cm³/mol. The molecule has 0 unspecified atom stereocenters. The molecule has 0 saturated carbocycles. The van der Waals surface area contributed by atoms with E-state index < -0.39 is 0 Å². The van der Waals surface area contributed by atoms with E-state index in [1.165, 1.54) is 0 Å². The van der Waals surface area contributed by atoms with Gasteiger partial charge < -0.3 is 15.4 Å². The second kappa shape index (κ2) is 7.59. The summed E-state index contributed by atoms with van der Waals surface area (Å²) in [7, 11) is 0. The van der Waals surface area contributed by atoms with Gasteiger partial charge in [0.2, 0.25) is 0 Å². The SMILES string of the molecule is CCOc1ccc(CNC(=S)Nc2ccc(C)cn2)cc1. The summed E-state index contributed by atoms with van der Waals surface area (Å²) in [5.41, 5.74) is 2.26. The summed E-state index contributed by atoms with van der Waals surface area (Å²) in [6.07, 6.45) is 1.80. The van der Waals surface area contributed by atoms with Crippen LogP contribution < -0.4 is 15.4 Å². The van der Waals surface area contributed by atoms with Crippen molar-refractivity contribution in [3.63, 3.8) is 0 Å². The average molecular weight is 301 g/mol. The maximum Gasteiger partial charge on any atom is 0.172 e. The number of nitrogens with zero attached hydrogens (tertiary/aromatic N) is 1. The monoisotopic (exact) mass is 301 g/mol. The van der Waals surface area contributed by atoms with Gasteiger partial charge in [-0.2, -0.15) is 0 Å². The molecule has 1 aromatic heterocycles. The largest absolute Gasteiger partial charge is 0.494 e. The number of aryl methyl sites for hydroxylation is 1. The van der Waals surface area contributed by atoms with Crippen LogP contribution in [0.2, 0.25) is 0 Å². The Kier molecular flexibility index (Phi) is 5.51. The Morgan fingerprint density at radius 3 is 2.57 bits per heavy atom. The van der Waals surface area contributed by atoms with Crippen molar-refractivity contribution in [1.82, 2.24) is 10.3 Å². The average Bonchev–Trinajstić information content (AvgIpc) is 2.49. The highest BCUT2D eigenvalue weighted by Gasteiger charge is 2.00. The molecule has 2 rings (SSSR count). The van der Waals surface area contributed by atoms with Crippen molar-refractivity contribution in [2.75, 3.05) is 11.9 Å². The van der Waals surface area contributed by atoms with Crippen LogP contribution >= 0.6 is 12.2 Å². The Morgan fingerprint density at radius 1 is 1.19 bits per heavy atom. The molecule has 2 aromatic rings. The fourth-order valence-corrected chi connectivity index (χ4v) is 1.93. The Morgan fingerprint density at radius 2 is 1.95 bits per heavy atom. The van der Waals surface area contributed by atoms with E-state index in [0.717, 1.165) is 22.7 Å². The summed E-state index contributed by atoms with van der Waals surface area (Å²) in [5, 5.41) is 6.76. The molecule has 1 heterocycles. The molecule has 0 atom stereocenters. The van der Waals surface area contributed by atoms with Crippen LogP contribution in [0.1, 0.15) is 18.1 Å². The molecule has 0 amide bonds. The van der Waals surface area contributed by atoms with Gasteiger partial charge >= 0.3 is 0 Å². The van der Waals surface area contributed by atoms with Crippen LogP contribution in [-0.2, 0) is 6.54 Å². The molecule has 0 bridgehead atoms.